The molecule has 7 heteroatoms. The summed E-state index contributed by atoms with van der Waals surface area (Å²) in [5, 5.41) is 0.290. The summed E-state index contributed by atoms with van der Waals surface area (Å²) in [7, 11) is 0. The molecule has 1 aliphatic carbocycles. The second kappa shape index (κ2) is 5.57. The van der Waals surface area contributed by atoms with E-state index in [4.69, 9.17) is 0 Å². The minimum atomic E-state index is -0.546. The molecule has 2 heterocycles. The van der Waals surface area contributed by atoms with Crippen LogP contribution in [0.2, 0.25) is 0 Å². The number of aryl methyl sites for hydroxylation is 2. The standard InChI is InChI=1S/C16H17N3O4/c1-3-18-14-13(15(22)19(16(18)23)8-9(2)20)10-5-4-6-12(21)11(10)7-17-14/h7H,3-6,8H2,1-2H3. The van der Waals surface area contributed by atoms with Crippen molar-refractivity contribution in [2.24, 2.45) is 0 Å². The molecule has 0 saturated carbocycles. The van der Waals surface area contributed by atoms with E-state index < -0.39 is 11.2 Å². The SMILES string of the molecule is CCn1c(=O)n(CC(C)=O)c(=O)c2c3c(cnc21)C(=O)CCC3. The van der Waals surface area contributed by atoms with Crippen LogP contribution in [0.1, 0.15) is 42.6 Å². The summed E-state index contributed by atoms with van der Waals surface area (Å²) in [6.07, 6.45) is 3.16. The van der Waals surface area contributed by atoms with E-state index in [1.807, 2.05) is 0 Å². The number of aromatic nitrogens is 3. The van der Waals surface area contributed by atoms with E-state index in [-0.39, 0.29) is 23.8 Å². The molecule has 0 aliphatic heterocycles. The number of carbonyl (C=O) groups is 2. The molecule has 0 saturated heterocycles. The maximum atomic E-state index is 12.8. The number of ketones is 2. The Hall–Kier alpha value is -2.57. The van der Waals surface area contributed by atoms with Crippen molar-refractivity contribution in [3.63, 3.8) is 0 Å². The molecule has 7 nitrogen and oxygen atoms in total. The van der Waals surface area contributed by atoms with Gasteiger partial charge in [0.05, 0.1) is 11.9 Å². The summed E-state index contributed by atoms with van der Waals surface area (Å²) in [4.78, 5) is 52.9. The van der Waals surface area contributed by atoms with Crippen molar-refractivity contribution in [1.82, 2.24) is 14.1 Å². The lowest BCUT2D eigenvalue weighted by Gasteiger charge is -2.18. The van der Waals surface area contributed by atoms with Crippen LogP contribution in [-0.4, -0.2) is 25.7 Å². The number of Topliss-reactive ketones (excluding diaryl/α,β-unsaturated/α-hetero) is 2. The Morgan fingerprint density at radius 2 is 1.96 bits per heavy atom. The molecule has 0 aromatic carbocycles. The van der Waals surface area contributed by atoms with Gasteiger partial charge in [-0.25, -0.2) is 9.78 Å². The van der Waals surface area contributed by atoms with Gasteiger partial charge in [-0.2, -0.15) is 0 Å². The highest BCUT2D eigenvalue weighted by Crippen LogP contribution is 2.25. The van der Waals surface area contributed by atoms with Crippen LogP contribution in [0.3, 0.4) is 0 Å². The van der Waals surface area contributed by atoms with Gasteiger partial charge >= 0.3 is 5.69 Å². The molecule has 2 aromatic rings. The first-order valence-corrected chi connectivity index (χ1v) is 7.63. The summed E-state index contributed by atoms with van der Waals surface area (Å²) < 4.78 is 2.31. The third-order valence-electron chi connectivity index (χ3n) is 4.17. The highest BCUT2D eigenvalue weighted by atomic mass is 16.2. The summed E-state index contributed by atoms with van der Waals surface area (Å²) >= 11 is 0. The van der Waals surface area contributed by atoms with Crippen molar-refractivity contribution < 1.29 is 9.59 Å². The van der Waals surface area contributed by atoms with Crippen LogP contribution in [-0.2, 0) is 24.3 Å². The molecular weight excluding hydrogens is 298 g/mol. The fourth-order valence-corrected chi connectivity index (χ4v) is 3.13. The zero-order valence-corrected chi connectivity index (χ0v) is 13.1. The molecule has 0 radical (unpaired) electrons. The summed E-state index contributed by atoms with van der Waals surface area (Å²) in [5.74, 6) is -0.313. The quantitative estimate of drug-likeness (QED) is 0.831. The predicted octanol–water partition coefficient (Wildman–Crippen LogP) is 0.686. The Kier molecular flexibility index (Phi) is 3.71. The van der Waals surface area contributed by atoms with Gasteiger partial charge in [-0.3, -0.25) is 23.5 Å². The monoisotopic (exact) mass is 315 g/mol. The molecule has 0 fully saturated rings. The Balaban J connectivity index is 2.49. The molecule has 23 heavy (non-hydrogen) atoms. The largest absolute Gasteiger partial charge is 0.333 e. The van der Waals surface area contributed by atoms with E-state index in [0.717, 1.165) is 4.57 Å². The molecule has 0 amide bonds. The van der Waals surface area contributed by atoms with Gasteiger partial charge in [0.25, 0.3) is 5.56 Å². The number of pyridine rings is 1. The molecule has 120 valence electrons. The number of nitrogens with zero attached hydrogens (tertiary/aromatic N) is 3. The zero-order chi connectivity index (χ0) is 16.7. The minimum absolute atomic E-state index is 0.0348. The normalized spacial score (nSPS) is 14.1. The number of rotatable bonds is 3. The second-order valence-electron chi connectivity index (χ2n) is 5.75. The average molecular weight is 315 g/mol. The van der Waals surface area contributed by atoms with Crippen LogP contribution in [0.4, 0.5) is 0 Å². The van der Waals surface area contributed by atoms with Gasteiger partial charge in [-0.15, -0.1) is 0 Å². The van der Waals surface area contributed by atoms with E-state index in [2.05, 4.69) is 4.98 Å². The molecule has 0 bridgehead atoms. The van der Waals surface area contributed by atoms with Gasteiger partial charge in [0, 0.05) is 24.7 Å². The summed E-state index contributed by atoms with van der Waals surface area (Å²) in [6, 6.07) is 0. The number of carbonyl (C=O) groups excluding carboxylic acids is 2. The van der Waals surface area contributed by atoms with Crippen molar-refractivity contribution in [3.8, 4) is 0 Å². The van der Waals surface area contributed by atoms with Crippen LogP contribution in [0.5, 0.6) is 0 Å². The predicted molar refractivity (Wildman–Crippen MR) is 83.9 cm³/mol. The molecule has 0 N–H and O–H groups in total. The first-order chi connectivity index (χ1) is 11.0. The van der Waals surface area contributed by atoms with Crippen LogP contribution in [0.25, 0.3) is 11.0 Å². The Morgan fingerprint density at radius 1 is 1.22 bits per heavy atom. The Morgan fingerprint density at radius 3 is 2.61 bits per heavy atom. The lowest BCUT2D eigenvalue weighted by Crippen LogP contribution is -2.42. The van der Waals surface area contributed by atoms with Crippen molar-refractivity contribution in [2.45, 2.75) is 46.2 Å². The first kappa shape index (κ1) is 15.3. The third-order valence-corrected chi connectivity index (χ3v) is 4.17. The van der Waals surface area contributed by atoms with Crippen LogP contribution >= 0.6 is 0 Å². The molecule has 0 unspecified atom stereocenters. The van der Waals surface area contributed by atoms with Gasteiger partial charge < -0.3 is 0 Å². The van der Waals surface area contributed by atoms with E-state index >= 15 is 0 Å². The molecule has 0 spiro atoms. The van der Waals surface area contributed by atoms with Crippen LogP contribution in [0, 0.1) is 0 Å². The summed E-state index contributed by atoms with van der Waals surface area (Å²) in [6.45, 7) is 3.16. The van der Waals surface area contributed by atoms with Crippen molar-refractivity contribution in [2.75, 3.05) is 0 Å². The number of fused-ring (bicyclic) bond motifs is 3. The molecule has 3 rings (SSSR count). The number of hydrogen-bond donors (Lipinski definition) is 0. The van der Waals surface area contributed by atoms with E-state index in [9.17, 15) is 19.2 Å². The third kappa shape index (κ3) is 2.32. The van der Waals surface area contributed by atoms with Gasteiger partial charge in [0.1, 0.15) is 11.4 Å². The molecule has 0 atom stereocenters. The average Bonchev–Trinajstić information content (AvgIpc) is 2.51. The fraction of sp³-hybridized carbons (Fsp3) is 0.438. The lowest BCUT2D eigenvalue weighted by atomic mass is 9.90. The summed E-state index contributed by atoms with van der Waals surface area (Å²) in [5.41, 5.74) is 0.307. The topological polar surface area (TPSA) is 91.0 Å². The van der Waals surface area contributed by atoms with Gasteiger partial charge in [0.15, 0.2) is 5.78 Å². The maximum absolute atomic E-state index is 12.8. The highest BCUT2D eigenvalue weighted by Gasteiger charge is 2.24. The van der Waals surface area contributed by atoms with E-state index in [1.165, 1.54) is 17.7 Å². The Labute approximate surface area is 131 Å². The lowest BCUT2D eigenvalue weighted by molar-refractivity contribution is -0.117. The van der Waals surface area contributed by atoms with E-state index in [1.54, 1.807) is 6.92 Å². The van der Waals surface area contributed by atoms with Gasteiger partial charge in [-0.05, 0) is 32.3 Å². The zero-order valence-electron chi connectivity index (χ0n) is 13.1. The van der Waals surface area contributed by atoms with Crippen molar-refractivity contribution in [1.29, 1.82) is 0 Å². The van der Waals surface area contributed by atoms with Crippen molar-refractivity contribution in [3.05, 3.63) is 38.2 Å². The van der Waals surface area contributed by atoms with Gasteiger partial charge in [-0.1, -0.05) is 0 Å². The highest BCUT2D eigenvalue weighted by molar-refractivity contribution is 6.02. The molecule has 1 aliphatic rings. The number of hydrogen-bond acceptors (Lipinski definition) is 5. The van der Waals surface area contributed by atoms with Crippen LogP contribution in [0.15, 0.2) is 15.8 Å². The Bertz CT molecular complexity index is 952. The van der Waals surface area contributed by atoms with E-state index in [0.29, 0.717) is 42.3 Å². The van der Waals surface area contributed by atoms with Crippen molar-refractivity contribution >= 4 is 22.6 Å². The fourth-order valence-electron chi connectivity index (χ4n) is 3.13. The maximum Gasteiger partial charge on any atom is 0.333 e. The second-order valence-corrected chi connectivity index (χ2v) is 5.75. The molecular formula is C16H17N3O4. The first-order valence-electron chi connectivity index (χ1n) is 7.63. The van der Waals surface area contributed by atoms with Crippen LogP contribution < -0.4 is 11.2 Å². The smallest absolute Gasteiger partial charge is 0.298 e. The van der Waals surface area contributed by atoms with Gasteiger partial charge in [0.2, 0.25) is 0 Å². The minimum Gasteiger partial charge on any atom is -0.298 e. The molecule has 2 aromatic heterocycles.